The Morgan fingerprint density at radius 3 is 2.35 bits per heavy atom. The molecule has 2 aromatic rings. The van der Waals surface area contributed by atoms with E-state index >= 15 is 0 Å². The van der Waals surface area contributed by atoms with Crippen molar-refractivity contribution in [2.75, 3.05) is 12.0 Å². The number of hydrogen-bond acceptors (Lipinski definition) is 3. The standard InChI is InChI=1S/C19H22N2O2/c1-19(2,3)20-17-16-14(11-8-12-15(16)23-4)18(22)21(17)13-9-6-5-7-10-13/h5-12,17,20H,1-4H3. The summed E-state index contributed by atoms with van der Waals surface area (Å²) in [5.41, 5.74) is 2.31. The highest BCUT2D eigenvalue weighted by Gasteiger charge is 2.41. The van der Waals surface area contributed by atoms with Gasteiger partial charge in [0.15, 0.2) is 0 Å². The summed E-state index contributed by atoms with van der Waals surface area (Å²) in [6.07, 6.45) is -0.254. The van der Waals surface area contributed by atoms with Gasteiger partial charge in [0.05, 0.1) is 12.7 Å². The molecule has 0 spiro atoms. The molecule has 23 heavy (non-hydrogen) atoms. The fourth-order valence-corrected chi connectivity index (χ4v) is 2.97. The third-order valence-corrected chi connectivity index (χ3v) is 3.87. The van der Waals surface area contributed by atoms with Crippen molar-refractivity contribution in [3.63, 3.8) is 0 Å². The zero-order chi connectivity index (χ0) is 16.6. The maximum atomic E-state index is 13.0. The smallest absolute Gasteiger partial charge is 0.260 e. The van der Waals surface area contributed by atoms with Gasteiger partial charge in [0.2, 0.25) is 0 Å². The van der Waals surface area contributed by atoms with Gasteiger partial charge in [-0.15, -0.1) is 0 Å². The molecule has 1 unspecified atom stereocenters. The minimum absolute atomic E-state index is 0.00755. The van der Waals surface area contributed by atoms with Gasteiger partial charge < -0.3 is 4.74 Å². The lowest BCUT2D eigenvalue weighted by molar-refractivity contribution is 0.0985. The van der Waals surface area contributed by atoms with Crippen molar-refractivity contribution in [3.05, 3.63) is 59.7 Å². The first-order valence-corrected chi connectivity index (χ1v) is 7.75. The Morgan fingerprint density at radius 2 is 1.74 bits per heavy atom. The number of para-hydroxylation sites is 1. The summed E-state index contributed by atoms with van der Waals surface area (Å²) in [6, 6.07) is 15.4. The predicted octanol–water partition coefficient (Wildman–Crippen LogP) is 3.74. The first-order chi connectivity index (χ1) is 10.9. The van der Waals surface area contributed by atoms with Crippen LogP contribution in [-0.4, -0.2) is 18.6 Å². The van der Waals surface area contributed by atoms with Crippen LogP contribution < -0.4 is 15.0 Å². The first-order valence-electron chi connectivity index (χ1n) is 7.75. The van der Waals surface area contributed by atoms with Crippen molar-refractivity contribution in [2.24, 2.45) is 0 Å². The number of nitrogens with one attached hydrogen (secondary N) is 1. The van der Waals surface area contributed by atoms with Crippen LogP contribution >= 0.6 is 0 Å². The average molecular weight is 310 g/mol. The number of anilines is 1. The normalized spacial score (nSPS) is 17.3. The molecule has 4 nitrogen and oxygen atoms in total. The number of ether oxygens (including phenoxy) is 1. The number of hydrogen-bond donors (Lipinski definition) is 1. The van der Waals surface area contributed by atoms with Crippen LogP contribution in [0.1, 0.15) is 42.9 Å². The fraction of sp³-hybridized carbons (Fsp3) is 0.316. The monoisotopic (exact) mass is 310 g/mol. The van der Waals surface area contributed by atoms with Crippen LogP contribution in [0.15, 0.2) is 48.5 Å². The van der Waals surface area contributed by atoms with E-state index in [0.29, 0.717) is 5.56 Å². The van der Waals surface area contributed by atoms with Crippen molar-refractivity contribution < 1.29 is 9.53 Å². The van der Waals surface area contributed by atoms with E-state index in [2.05, 4.69) is 26.1 Å². The van der Waals surface area contributed by atoms with Gasteiger partial charge in [-0.2, -0.15) is 0 Å². The fourth-order valence-electron chi connectivity index (χ4n) is 2.97. The number of fused-ring (bicyclic) bond motifs is 1. The molecule has 1 aliphatic heterocycles. The molecule has 0 saturated carbocycles. The van der Waals surface area contributed by atoms with Crippen molar-refractivity contribution in [3.8, 4) is 5.75 Å². The summed E-state index contributed by atoms with van der Waals surface area (Å²) < 4.78 is 5.52. The van der Waals surface area contributed by atoms with Crippen molar-refractivity contribution >= 4 is 11.6 Å². The van der Waals surface area contributed by atoms with Crippen LogP contribution in [0.3, 0.4) is 0 Å². The average Bonchev–Trinajstić information content (AvgIpc) is 2.79. The largest absolute Gasteiger partial charge is 0.496 e. The Kier molecular flexibility index (Phi) is 3.86. The van der Waals surface area contributed by atoms with Crippen LogP contribution in [0.2, 0.25) is 0 Å². The van der Waals surface area contributed by atoms with Crippen LogP contribution in [-0.2, 0) is 0 Å². The Bertz CT molecular complexity index is 720. The number of benzene rings is 2. The lowest BCUT2D eigenvalue weighted by Gasteiger charge is -2.33. The van der Waals surface area contributed by atoms with Crippen molar-refractivity contribution in [2.45, 2.75) is 32.5 Å². The molecule has 0 aliphatic carbocycles. The molecule has 1 heterocycles. The molecule has 0 bridgehead atoms. The van der Waals surface area contributed by atoms with Crippen LogP contribution in [0.25, 0.3) is 0 Å². The molecular weight excluding hydrogens is 288 g/mol. The highest BCUT2D eigenvalue weighted by atomic mass is 16.5. The Labute approximate surface area is 137 Å². The maximum Gasteiger partial charge on any atom is 0.260 e. The van der Waals surface area contributed by atoms with Gasteiger partial charge >= 0.3 is 0 Å². The molecule has 1 N–H and O–H groups in total. The second kappa shape index (κ2) is 5.70. The molecular formula is C19H22N2O2. The lowest BCUT2D eigenvalue weighted by Crippen LogP contribution is -2.45. The van der Waals surface area contributed by atoms with Gasteiger partial charge in [-0.3, -0.25) is 15.0 Å². The van der Waals surface area contributed by atoms with Crippen LogP contribution in [0.5, 0.6) is 5.75 Å². The minimum atomic E-state index is -0.254. The zero-order valence-corrected chi connectivity index (χ0v) is 14.0. The summed E-state index contributed by atoms with van der Waals surface area (Å²) in [5.74, 6) is 0.725. The van der Waals surface area contributed by atoms with E-state index in [1.807, 2.05) is 48.5 Å². The van der Waals surface area contributed by atoms with Gasteiger partial charge in [-0.25, -0.2) is 0 Å². The van der Waals surface area contributed by atoms with E-state index < -0.39 is 0 Å². The molecule has 1 amide bonds. The lowest BCUT2D eigenvalue weighted by atomic mass is 10.0. The highest BCUT2D eigenvalue weighted by molar-refractivity contribution is 6.11. The van der Waals surface area contributed by atoms with E-state index in [9.17, 15) is 4.79 Å². The van der Waals surface area contributed by atoms with Crippen LogP contribution in [0.4, 0.5) is 5.69 Å². The Balaban J connectivity index is 2.15. The Morgan fingerprint density at radius 1 is 1.04 bits per heavy atom. The van der Waals surface area contributed by atoms with E-state index in [0.717, 1.165) is 17.0 Å². The van der Waals surface area contributed by atoms with Gasteiger partial charge in [0.1, 0.15) is 11.9 Å². The number of carbonyl (C=O) groups excluding carboxylic acids is 1. The summed E-state index contributed by atoms with van der Waals surface area (Å²) in [6.45, 7) is 6.27. The SMILES string of the molecule is COc1cccc2c1C(NC(C)(C)C)N(c1ccccc1)C2=O. The Hall–Kier alpha value is -2.33. The molecule has 1 atom stereocenters. The molecule has 0 fully saturated rings. The molecule has 3 rings (SSSR count). The number of methoxy groups -OCH3 is 1. The third kappa shape index (κ3) is 2.82. The third-order valence-electron chi connectivity index (χ3n) is 3.87. The quantitative estimate of drug-likeness (QED) is 0.939. The number of rotatable bonds is 3. The van der Waals surface area contributed by atoms with Gasteiger partial charge in [-0.1, -0.05) is 24.3 Å². The number of carbonyl (C=O) groups is 1. The van der Waals surface area contributed by atoms with Crippen molar-refractivity contribution in [1.29, 1.82) is 0 Å². The molecule has 0 radical (unpaired) electrons. The summed E-state index contributed by atoms with van der Waals surface area (Å²) in [5, 5.41) is 3.55. The number of nitrogens with zero attached hydrogens (tertiary/aromatic N) is 1. The zero-order valence-electron chi connectivity index (χ0n) is 14.0. The van der Waals surface area contributed by atoms with Crippen LogP contribution in [0, 0.1) is 0 Å². The second-order valence-corrected chi connectivity index (χ2v) is 6.73. The number of amides is 1. The van der Waals surface area contributed by atoms with E-state index in [1.165, 1.54) is 0 Å². The van der Waals surface area contributed by atoms with Crippen molar-refractivity contribution in [1.82, 2.24) is 5.32 Å². The molecule has 0 saturated heterocycles. The van der Waals surface area contributed by atoms with Gasteiger partial charge in [0, 0.05) is 16.8 Å². The predicted molar refractivity (Wildman–Crippen MR) is 91.9 cm³/mol. The van der Waals surface area contributed by atoms with E-state index in [-0.39, 0.29) is 17.6 Å². The second-order valence-electron chi connectivity index (χ2n) is 6.73. The highest BCUT2D eigenvalue weighted by Crippen LogP contribution is 2.41. The molecule has 4 heteroatoms. The minimum Gasteiger partial charge on any atom is -0.496 e. The summed E-state index contributed by atoms with van der Waals surface area (Å²) in [7, 11) is 1.64. The molecule has 2 aromatic carbocycles. The first kappa shape index (κ1) is 15.6. The van der Waals surface area contributed by atoms with Gasteiger partial charge in [0.25, 0.3) is 5.91 Å². The molecule has 120 valence electrons. The van der Waals surface area contributed by atoms with Gasteiger partial charge in [-0.05, 0) is 45.0 Å². The topological polar surface area (TPSA) is 41.6 Å². The summed E-state index contributed by atoms with van der Waals surface area (Å²) in [4.78, 5) is 14.8. The summed E-state index contributed by atoms with van der Waals surface area (Å²) >= 11 is 0. The van der Waals surface area contributed by atoms with E-state index in [4.69, 9.17) is 4.74 Å². The van der Waals surface area contributed by atoms with E-state index in [1.54, 1.807) is 12.0 Å². The molecule has 1 aliphatic rings. The maximum absolute atomic E-state index is 13.0. The molecule has 0 aromatic heterocycles.